The van der Waals surface area contributed by atoms with Gasteiger partial charge < -0.3 is 24.7 Å². The van der Waals surface area contributed by atoms with Crippen LogP contribution in [0.3, 0.4) is 0 Å². The van der Waals surface area contributed by atoms with Gasteiger partial charge in [0.05, 0.1) is 12.1 Å². The average molecular weight is 326 g/mol. The SMILES string of the molecule is COC1(OC)N=C(N)[C@@]2(C#N)[C@@H](c3ccc4c(c3)OCO4)[C@@]12C#N. The Morgan fingerprint density at radius 1 is 1.21 bits per heavy atom. The minimum atomic E-state index is -1.62. The predicted molar refractivity (Wildman–Crippen MR) is 79.8 cm³/mol. The van der Waals surface area contributed by atoms with E-state index in [0.717, 1.165) is 5.56 Å². The highest BCUT2D eigenvalue weighted by Crippen LogP contribution is 2.82. The van der Waals surface area contributed by atoms with Crippen molar-refractivity contribution in [2.45, 2.75) is 11.8 Å². The van der Waals surface area contributed by atoms with Crippen LogP contribution in [-0.4, -0.2) is 32.8 Å². The number of fused-ring (bicyclic) bond motifs is 2. The Bertz CT molecular complexity index is 851. The van der Waals surface area contributed by atoms with Crippen molar-refractivity contribution >= 4 is 5.84 Å². The Balaban J connectivity index is 1.91. The number of nitrogens with zero attached hydrogens (tertiary/aromatic N) is 3. The van der Waals surface area contributed by atoms with Crippen molar-refractivity contribution in [2.75, 3.05) is 21.0 Å². The van der Waals surface area contributed by atoms with Crippen LogP contribution in [0.5, 0.6) is 11.5 Å². The molecule has 4 rings (SSSR count). The van der Waals surface area contributed by atoms with Crippen molar-refractivity contribution in [2.24, 2.45) is 21.6 Å². The average Bonchev–Trinajstić information content (AvgIpc) is 2.87. The molecule has 8 heteroatoms. The second-order valence-electron chi connectivity index (χ2n) is 5.87. The second-order valence-corrected chi connectivity index (χ2v) is 5.87. The Kier molecular flexibility index (Phi) is 2.70. The van der Waals surface area contributed by atoms with Crippen molar-refractivity contribution in [1.29, 1.82) is 10.5 Å². The number of aliphatic imine (C=N–C) groups is 1. The summed E-state index contributed by atoms with van der Waals surface area (Å²) in [5, 5.41) is 19.8. The van der Waals surface area contributed by atoms with Crippen LogP contribution in [0.25, 0.3) is 0 Å². The third kappa shape index (κ3) is 1.25. The molecule has 1 fully saturated rings. The summed E-state index contributed by atoms with van der Waals surface area (Å²) in [6.45, 7) is 0.139. The molecule has 1 aromatic rings. The molecule has 0 spiro atoms. The van der Waals surface area contributed by atoms with Crippen LogP contribution in [0.15, 0.2) is 23.2 Å². The van der Waals surface area contributed by atoms with Gasteiger partial charge in [0.2, 0.25) is 6.79 Å². The number of rotatable bonds is 3. The third-order valence-corrected chi connectivity index (χ3v) is 5.21. The molecule has 1 saturated carbocycles. The standard InChI is InChI=1S/C16H14N4O4/c1-21-16(22-2)15(7-18)12(14(15,6-17)13(19)20-16)9-3-4-10-11(5-9)24-8-23-10/h3-5,12H,8H2,1-2H3,(H2,19,20)/t12-,14-,15-/m1/s1. The lowest BCUT2D eigenvalue weighted by Gasteiger charge is -2.29. The van der Waals surface area contributed by atoms with Gasteiger partial charge in [-0.3, -0.25) is 0 Å². The highest BCUT2D eigenvalue weighted by molar-refractivity contribution is 6.00. The molecule has 2 heterocycles. The topological polar surface area (TPSA) is 123 Å². The molecule has 1 aliphatic carbocycles. The Hall–Kier alpha value is -2.81. The molecule has 0 saturated heterocycles. The Morgan fingerprint density at radius 2 is 1.92 bits per heavy atom. The largest absolute Gasteiger partial charge is 0.454 e. The van der Waals surface area contributed by atoms with Crippen molar-refractivity contribution in [1.82, 2.24) is 0 Å². The summed E-state index contributed by atoms with van der Waals surface area (Å²) in [7, 11) is 2.75. The zero-order valence-corrected chi connectivity index (χ0v) is 13.1. The first kappa shape index (κ1) is 14.8. The maximum absolute atomic E-state index is 9.96. The van der Waals surface area contributed by atoms with Crippen LogP contribution in [0.4, 0.5) is 0 Å². The lowest BCUT2D eigenvalue weighted by molar-refractivity contribution is -0.230. The lowest BCUT2D eigenvalue weighted by Crippen LogP contribution is -2.41. The Morgan fingerprint density at radius 3 is 2.54 bits per heavy atom. The fraction of sp³-hybridized carbons (Fsp3) is 0.438. The first-order valence-electron chi connectivity index (χ1n) is 7.25. The molecule has 0 unspecified atom stereocenters. The van der Waals surface area contributed by atoms with Gasteiger partial charge in [-0.15, -0.1) is 0 Å². The van der Waals surface area contributed by atoms with Crippen LogP contribution < -0.4 is 15.2 Å². The van der Waals surface area contributed by atoms with E-state index in [2.05, 4.69) is 17.1 Å². The van der Waals surface area contributed by atoms with E-state index in [1.807, 2.05) is 0 Å². The minimum Gasteiger partial charge on any atom is -0.454 e. The maximum atomic E-state index is 9.96. The smallest absolute Gasteiger partial charge is 0.292 e. The fourth-order valence-corrected chi connectivity index (χ4v) is 4.11. The van der Waals surface area contributed by atoms with E-state index >= 15 is 0 Å². The van der Waals surface area contributed by atoms with E-state index in [4.69, 9.17) is 24.7 Å². The van der Waals surface area contributed by atoms with Crippen LogP contribution >= 0.6 is 0 Å². The van der Waals surface area contributed by atoms with E-state index in [0.29, 0.717) is 11.5 Å². The van der Waals surface area contributed by atoms with Crippen LogP contribution in [-0.2, 0) is 9.47 Å². The van der Waals surface area contributed by atoms with Crippen LogP contribution in [0, 0.1) is 33.5 Å². The van der Waals surface area contributed by atoms with Gasteiger partial charge in [-0.25, -0.2) is 4.99 Å². The molecular weight excluding hydrogens is 312 g/mol. The number of hydrogen-bond acceptors (Lipinski definition) is 8. The van der Waals surface area contributed by atoms with Gasteiger partial charge in [0.15, 0.2) is 16.9 Å². The molecule has 122 valence electrons. The molecule has 1 aromatic carbocycles. The first-order valence-corrected chi connectivity index (χ1v) is 7.25. The van der Waals surface area contributed by atoms with Gasteiger partial charge >= 0.3 is 0 Å². The molecule has 0 bridgehead atoms. The molecule has 2 N–H and O–H groups in total. The highest BCUT2D eigenvalue weighted by atomic mass is 16.7. The zero-order valence-electron chi connectivity index (χ0n) is 13.1. The summed E-state index contributed by atoms with van der Waals surface area (Å²) in [4.78, 5) is 4.17. The maximum Gasteiger partial charge on any atom is 0.292 e. The molecule has 8 nitrogen and oxygen atoms in total. The van der Waals surface area contributed by atoms with Gasteiger partial charge in [-0.2, -0.15) is 10.5 Å². The number of benzene rings is 1. The number of methoxy groups -OCH3 is 2. The van der Waals surface area contributed by atoms with Crippen molar-refractivity contribution in [3.05, 3.63) is 23.8 Å². The summed E-state index contributed by atoms with van der Waals surface area (Å²) in [6, 6.07) is 9.68. The molecule has 3 atom stereocenters. The molecule has 0 radical (unpaired) electrons. The van der Waals surface area contributed by atoms with Crippen molar-refractivity contribution < 1.29 is 18.9 Å². The van der Waals surface area contributed by atoms with E-state index in [9.17, 15) is 10.5 Å². The van der Waals surface area contributed by atoms with Crippen LogP contribution in [0.2, 0.25) is 0 Å². The first-order chi connectivity index (χ1) is 11.6. The van der Waals surface area contributed by atoms with Gasteiger partial charge in [-0.05, 0) is 17.7 Å². The number of amidine groups is 1. The summed E-state index contributed by atoms with van der Waals surface area (Å²) in [6.07, 6.45) is 0. The normalized spacial score (nSPS) is 34.0. The van der Waals surface area contributed by atoms with E-state index in [1.54, 1.807) is 18.2 Å². The predicted octanol–water partition coefficient (Wildman–Crippen LogP) is 0.850. The molecule has 0 amide bonds. The molecular formula is C16H14N4O4. The number of hydrogen-bond donors (Lipinski definition) is 1. The third-order valence-electron chi connectivity index (χ3n) is 5.21. The van der Waals surface area contributed by atoms with E-state index in [1.165, 1.54) is 14.2 Å². The number of ether oxygens (including phenoxy) is 4. The van der Waals surface area contributed by atoms with Gasteiger partial charge in [0, 0.05) is 20.1 Å². The highest BCUT2D eigenvalue weighted by Gasteiger charge is 2.93. The summed E-state index contributed by atoms with van der Waals surface area (Å²) in [5.41, 5.74) is 4.11. The van der Waals surface area contributed by atoms with Gasteiger partial charge in [0.1, 0.15) is 11.3 Å². The molecule has 2 aliphatic heterocycles. The zero-order chi connectivity index (χ0) is 17.2. The van der Waals surface area contributed by atoms with Gasteiger partial charge in [0.25, 0.3) is 5.91 Å². The fourth-order valence-electron chi connectivity index (χ4n) is 4.11. The molecule has 24 heavy (non-hydrogen) atoms. The van der Waals surface area contributed by atoms with Crippen molar-refractivity contribution in [3.8, 4) is 23.6 Å². The molecule has 3 aliphatic rings. The lowest BCUT2D eigenvalue weighted by atomic mass is 9.93. The van der Waals surface area contributed by atoms with E-state index < -0.39 is 22.7 Å². The monoisotopic (exact) mass is 326 g/mol. The quantitative estimate of drug-likeness (QED) is 0.817. The second kappa shape index (κ2) is 4.38. The van der Waals surface area contributed by atoms with Crippen molar-refractivity contribution in [3.63, 3.8) is 0 Å². The minimum absolute atomic E-state index is 0.0397. The van der Waals surface area contributed by atoms with E-state index in [-0.39, 0.29) is 12.6 Å². The van der Waals surface area contributed by atoms with Gasteiger partial charge in [-0.1, -0.05) is 6.07 Å². The summed E-state index contributed by atoms with van der Waals surface area (Å²) >= 11 is 0. The Labute approximate surface area is 138 Å². The molecule has 0 aromatic heterocycles. The number of nitriles is 2. The summed E-state index contributed by atoms with van der Waals surface area (Å²) < 4.78 is 21.5. The van der Waals surface area contributed by atoms with Crippen LogP contribution in [0.1, 0.15) is 11.5 Å². The summed E-state index contributed by atoms with van der Waals surface area (Å²) in [5.74, 6) is -0.949. The number of nitrogens with two attached hydrogens (primary N) is 1.